The van der Waals surface area contributed by atoms with Crippen LogP contribution in [0.4, 0.5) is 0 Å². The summed E-state index contributed by atoms with van der Waals surface area (Å²) >= 11 is 0. The molecular formula is C6H6N2O3. The van der Waals surface area contributed by atoms with E-state index in [0.29, 0.717) is 4.73 Å². The van der Waals surface area contributed by atoms with Crippen molar-refractivity contribution in [2.75, 3.05) is 0 Å². The molecule has 1 aromatic rings. The smallest absolute Gasteiger partial charge is 0.337 e. The van der Waals surface area contributed by atoms with Crippen LogP contribution in [0.25, 0.3) is 0 Å². The monoisotopic (exact) mass is 154 g/mol. The first kappa shape index (κ1) is 7.33. The molecule has 0 aliphatic heterocycles. The molecule has 1 aromatic heterocycles. The molecule has 1 rings (SSSR count). The zero-order chi connectivity index (χ0) is 8.43. The van der Waals surface area contributed by atoms with Gasteiger partial charge < -0.3 is 10.3 Å². The Morgan fingerprint density at radius 1 is 1.55 bits per heavy atom. The zero-order valence-corrected chi connectivity index (χ0v) is 5.48. The zero-order valence-electron chi connectivity index (χ0n) is 5.48. The molecule has 0 bridgehead atoms. The fourth-order valence-corrected chi connectivity index (χ4v) is 0.616. The number of aromatic carboxylic acids is 1. The Morgan fingerprint density at radius 2 is 2.18 bits per heavy atom. The Balaban J connectivity index is 3.26. The number of carbonyl (C=O) groups is 1. The van der Waals surface area contributed by atoms with Crippen LogP contribution in [0, 0.1) is 5.41 Å². The molecule has 5 nitrogen and oxygen atoms in total. The van der Waals surface area contributed by atoms with Crippen LogP contribution in [-0.4, -0.2) is 21.0 Å². The number of carboxylic acids is 1. The standard InChI is InChI=1S/C6H6N2O3/c7-5-2-1-4(6(9)10)3-8(5)11/h1-3,7,11H,(H,9,10). The largest absolute Gasteiger partial charge is 0.478 e. The second-order valence-electron chi connectivity index (χ2n) is 1.95. The summed E-state index contributed by atoms with van der Waals surface area (Å²) in [7, 11) is 0. The maximum atomic E-state index is 10.3. The first-order chi connectivity index (χ1) is 5.11. The van der Waals surface area contributed by atoms with Gasteiger partial charge in [-0.2, -0.15) is 4.73 Å². The van der Waals surface area contributed by atoms with Crippen molar-refractivity contribution < 1.29 is 15.1 Å². The lowest BCUT2D eigenvalue weighted by atomic mass is 10.3. The number of pyridine rings is 1. The lowest BCUT2D eigenvalue weighted by Crippen LogP contribution is -2.17. The summed E-state index contributed by atoms with van der Waals surface area (Å²) in [5.74, 6) is -1.13. The van der Waals surface area contributed by atoms with Gasteiger partial charge >= 0.3 is 5.97 Å². The van der Waals surface area contributed by atoms with E-state index < -0.39 is 5.97 Å². The SMILES string of the molecule is N=c1ccc(C(=O)O)cn1O. The topological polar surface area (TPSA) is 86.3 Å². The van der Waals surface area contributed by atoms with Gasteiger partial charge in [0.05, 0.1) is 11.8 Å². The van der Waals surface area contributed by atoms with E-state index >= 15 is 0 Å². The van der Waals surface area contributed by atoms with E-state index in [1.165, 1.54) is 12.1 Å². The maximum absolute atomic E-state index is 10.3. The Bertz CT molecular complexity index is 342. The van der Waals surface area contributed by atoms with Gasteiger partial charge in [0.15, 0.2) is 5.49 Å². The van der Waals surface area contributed by atoms with Gasteiger partial charge in [0, 0.05) is 0 Å². The summed E-state index contributed by atoms with van der Waals surface area (Å²) in [5.41, 5.74) is -0.210. The summed E-state index contributed by atoms with van der Waals surface area (Å²) in [6, 6.07) is 2.45. The van der Waals surface area contributed by atoms with Gasteiger partial charge in [-0.15, -0.1) is 0 Å². The molecule has 3 N–H and O–H groups in total. The molecule has 0 aromatic carbocycles. The number of nitrogens with one attached hydrogen (secondary N) is 1. The Hall–Kier alpha value is -1.78. The van der Waals surface area contributed by atoms with E-state index in [1.807, 2.05) is 0 Å². The number of hydrogen-bond acceptors (Lipinski definition) is 3. The molecule has 0 aliphatic carbocycles. The average molecular weight is 154 g/mol. The molecule has 0 amide bonds. The normalized spacial score (nSPS) is 9.45. The third-order valence-corrected chi connectivity index (χ3v) is 1.18. The molecule has 0 atom stereocenters. The lowest BCUT2D eigenvalue weighted by Gasteiger charge is -1.97. The van der Waals surface area contributed by atoms with Crippen LogP contribution in [0.3, 0.4) is 0 Å². The molecule has 0 saturated heterocycles. The van der Waals surface area contributed by atoms with E-state index in [9.17, 15) is 4.79 Å². The summed E-state index contributed by atoms with van der Waals surface area (Å²) in [6.45, 7) is 0. The summed E-state index contributed by atoms with van der Waals surface area (Å²) in [5, 5.41) is 24.2. The van der Waals surface area contributed by atoms with Crippen LogP contribution in [0.5, 0.6) is 0 Å². The van der Waals surface area contributed by atoms with E-state index in [-0.39, 0.29) is 11.1 Å². The van der Waals surface area contributed by atoms with Crippen molar-refractivity contribution in [3.63, 3.8) is 0 Å². The van der Waals surface area contributed by atoms with Crippen LogP contribution >= 0.6 is 0 Å². The summed E-state index contributed by atoms with van der Waals surface area (Å²) in [4.78, 5) is 10.3. The second-order valence-corrected chi connectivity index (χ2v) is 1.95. The van der Waals surface area contributed by atoms with Crippen LogP contribution in [0.1, 0.15) is 10.4 Å². The first-order valence-electron chi connectivity index (χ1n) is 2.81. The van der Waals surface area contributed by atoms with E-state index in [1.54, 1.807) is 0 Å². The lowest BCUT2D eigenvalue weighted by molar-refractivity contribution is 0.0690. The van der Waals surface area contributed by atoms with Gasteiger partial charge in [-0.1, -0.05) is 0 Å². The first-order valence-corrected chi connectivity index (χ1v) is 2.81. The van der Waals surface area contributed by atoms with Gasteiger partial charge in [-0.05, 0) is 12.1 Å². The number of aromatic nitrogens is 1. The molecular weight excluding hydrogens is 148 g/mol. The molecule has 0 unspecified atom stereocenters. The minimum Gasteiger partial charge on any atom is -0.478 e. The van der Waals surface area contributed by atoms with Crippen molar-refractivity contribution in [1.82, 2.24) is 4.73 Å². The van der Waals surface area contributed by atoms with Gasteiger partial charge in [0.25, 0.3) is 0 Å². The quantitative estimate of drug-likeness (QED) is 0.494. The average Bonchev–Trinajstić information content (AvgIpc) is 1.94. The molecule has 0 fully saturated rings. The predicted octanol–water partition coefficient (Wildman–Crippen LogP) is -0.0969. The molecule has 0 saturated carbocycles. The maximum Gasteiger partial charge on any atom is 0.337 e. The highest BCUT2D eigenvalue weighted by atomic mass is 16.5. The number of rotatable bonds is 1. The van der Waals surface area contributed by atoms with E-state index in [2.05, 4.69) is 0 Å². The Labute approximate surface area is 61.6 Å². The third kappa shape index (κ3) is 1.37. The van der Waals surface area contributed by atoms with Crippen LogP contribution < -0.4 is 5.49 Å². The Kier molecular flexibility index (Phi) is 1.63. The van der Waals surface area contributed by atoms with Crippen molar-refractivity contribution in [2.24, 2.45) is 0 Å². The summed E-state index contributed by atoms with van der Waals surface area (Å²) < 4.78 is 0.448. The molecule has 58 valence electrons. The minimum atomic E-state index is -1.13. The van der Waals surface area contributed by atoms with Crippen LogP contribution in [0.15, 0.2) is 18.3 Å². The van der Waals surface area contributed by atoms with Crippen molar-refractivity contribution in [2.45, 2.75) is 0 Å². The number of hydrogen-bond donors (Lipinski definition) is 3. The van der Waals surface area contributed by atoms with Crippen LogP contribution in [0.2, 0.25) is 0 Å². The predicted molar refractivity (Wildman–Crippen MR) is 34.4 cm³/mol. The second kappa shape index (κ2) is 2.45. The van der Waals surface area contributed by atoms with Crippen molar-refractivity contribution in [3.8, 4) is 0 Å². The van der Waals surface area contributed by atoms with E-state index in [4.69, 9.17) is 15.7 Å². The highest BCUT2D eigenvalue weighted by Gasteiger charge is 2.01. The molecule has 0 aliphatic rings. The highest BCUT2D eigenvalue weighted by molar-refractivity contribution is 5.86. The van der Waals surface area contributed by atoms with Gasteiger partial charge in [-0.3, -0.25) is 5.41 Å². The molecule has 11 heavy (non-hydrogen) atoms. The summed E-state index contributed by atoms with van der Waals surface area (Å²) in [6.07, 6.45) is 0.963. The minimum absolute atomic E-state index is 0.0523. The highest BCUT2D eigenvalue weighted by Crippen LogP contribution is 1.92. The van der Waals surface area contributed by atoms with Crippen molar-refractivity contribution in [3.05, 3.63) is 29.4 Å². The van der Waals surface area contributed by atoms with Crippen molar-refractivity contribution in [1.29, 1.82) is 5.41 Å². The van der Waals surface area contributed by atoms with E-state index in [0.717, 1.165) is 6.20 Å². The molecule has 0 spiro atoms. The fourth-order valence-electron chi connectivity index (χ4n) is 0.616. The van der Waals surface area contributed by atoms with Gasteiger partial charge in [0.2, 0.25) is 0 Å². The third-order valence-electron chi connectivity index (χ3n) is 1.18. The Morgan fingerprint density at radius 3 is 2.64 bits per heavy atom. The van der Waals surface area contributed by atoms with Gasteiger partial charge in [-0.25, -0.2) is 4.79 Å². The number of carboxylic acid groups (broad SMARTS) is 1. The molecule has 1 heterocycles. The van der Waals surface area contributed by atoms with Crippen molar-refractivity contribution >= 4 is 5.97 Å². The molecule has 0 radical (unpaired) electrons. The van der Waals surface area contributed by atoms with Crippen LogP contribution in [-0.2, 0) is 0 Å². The molecule has 5 heteroatoms. The number of nitrogens with zero attached hydrogens (tertiary/aromatic N) is 1. The fraction of sp³-hybridized carbons (Fsp3) is 0. The van der Waals surface area contributed by atoms with Gasteiger partial charge in [0.1, 0.15) is 0 Å².